The quantitative estimate of drug-likeness (QED) is 0.153. The van der Waals surface area contributed by atoms with Crippen molar-refractivity contribution in [2.75, 3.05) is 23.1 Å². The van der Waals surface area contributed by atoms with Crippen LogP contribution in [0.2, 0.25) is 0 Å². The van der Waals surface area contributed by atoms with Gasteiger partial charge in [-0.1, -0.05) is 11.6 Å². The summed E-state index contributed by atoms with van der Waals surface area (Å²) in [4.78, 5) is 24.3. The van der Waals surface area contributed by atoms with E-state index in [9.17, 15) is 23.5 Å². The van der Waals surface area contributed by atoms with Crippen LogP contribution in [0.4, 0.5) is 20.2 Å². The van der Waals surface area contributed by atoms with Gasteiger partial charge in [0.2, 0.25) is 17.7 Å². The third-order valence-electron chi connectivity index (χ3n) is 6.58. The molecule has 4 rings (SSSR count). The van der Waals surface area contributed by atoms with Crippen LogP contribution in [-0.4, -0.2) is 40.1 Å². The zero-order valence-electron chi connectivity index (χ0n) is 22.2. The van der Waals surface area contributed by atoms with E-state index in [-0.39, 0.29) is 17.3 Å². The number of benzene rings is 2. The summed E-state index contributed by atoms with van der Waals surface area (Å²) in [5.74, 6) is -3.06. The molecule has 3 aromatic rings. The molecule has 0 atom stereocenters. The van der Waals surface area contributed by atoms with Crippen molar-refractivity contribution < 1.29 is 28.2 Å². The number of aliphatic hydroxyl groups is 1. The van der Waals surface area contributed by atoms with Crippen molar-refractivity contribution in [3.8, 4) is 5.75 Å². The van der Waals surface area contributed by atoms with E-state index >= 15 is 0 Å². The third-order valence-corrected chi connectivity index (χ3v) is 6.58. The van der Waals surface area contributed by atoms with Gasteiger partial charge in [-0.3, -0.25) is 19.7 Å². The lowest BCUT2D eigenvalue weighted by Crippen LogP contribution is -2.27. The predicted molar refractivity (Wildman–Crippen MR) is 149 cm³/mol. The number of anilines is 2. The van der Waals surface area contributed by atoms with Crippen LogP contribution in [0.1, 0.15) is 50.3 Å². The minimum Gasteiger partial charge on any atom is -0.434 e. The Balaban J connectivity index is 1.39. The Morgan fingerprint density at radius 2 is 1.68 bits per heavy atom. The maximum Gasteiger partial charge on any atom is 0.238 e. The van der Waals surface area contributed by atoms with Gasteiger partial charge in [-0.25, -0.2) is 8.78 Å². The molecule has 1 saturated carbocycles. The number of nitrogens with one attached hydrogen (secondary N) is 4. The normalized spacial score (nSPS) is 16.7. The van der Waals surface area contributed by atoms with Crippen LogP contribution < -0.4 is 20.8 Å². The lowest BCUT2D eigenvalue weighted by atomic mass is 9.83. The first-order chi connectivity index (χ1) is 19.0. The molecule has 0 saturated heterocycles. The third kappa shape index (κ3) is 7.32. The number of rotatable bonds is 8. The number of hydrogen-bond donors (Lipinski definition) is 5. The Kier molecular flexibility index (Phi) is 8.64. The van der Waals surface area contributed by atoms with Crippen LogP contribution in [0.5, 0.6) is 5.75 Å². The number of carbonyl (C=O) groups excluding carboxylic acids is 2. The SMILES string of the molecule is CNn1ccc(C=C2CCC(C)(O)CC2)c1C(=N)Oc1ccc(NC(=O)CC(=O)Nc2ccc(F)cc2)cc1F. The van der Waals surface area contributed by atoms with Gasteiger partial charge in [0.15, 0.2) is 11.6 Å². The largest absolute Gasteiger partial charge is 0.434 e. The number of allylic oxidation sites excluding steroid dienone is 1. The van der Waals surface area contributed by atoms with Crippen LogP contribution >= 0.6 is 0 Å². The van der Waals surface area contributed by atoms with Crippen molar-refractivity contribution in [2.24, 2.45) is 0 Å². The van der Waals surface area contributed by atoms with Crippen molar-refractivity contribution in [3.63, 3.8) is 0 Å². The maximum absolute atomic E-state index is 14.9. The summed E-state index contributed by atoms with van der Waals surface area (Å²) in [6, 6.07) is 10.6. The smallest absolute Gasteiger partial charge is 0.238 e. The zero-order valence-corrected chi connectivity index (χ0v) is 22.2. The van der Waals surface area contributed by atoms with Crippen molar-refractivity contribution >= 4 is 35.2 Å². The molecule has 0 radical (unpaired) electrons. The van der Waals surface area contributed by atoms with E-state index in [4.69, 9.17) is 10.1 Å². The van der Waals surface area contributed by atoms with Crippen molar-refractivity contribution in [1.29, 1.82) is 5.41 Å². The monoisotopic (exact) mass is 551 g/mol. The average molecular weight is 552 g/mol. The van der Waals surface area contributed by atoms with E-state index in [2.05, 4.69) is 16.1 Å². The summed E-state index contributed by atoms with van der Waals surface area (Å²) in [6.07, 6.45) is 5.96. The van der Waals surface area contributed by atoms with E-state index in [1.165, 1.54) is 36.4 Å². The number of amides is 2. The summed E-state index contributed by atoms with van der Waals surface area (Å²) in [5, 5.41) is 23.7. The van der Waals surface area contributed by atoms with Gasteiger partial charge in [0, 0.05) is 36.2 Å². The molecule has 1 fully saturated rings. The molecule has 1 aromatic heterocycles. The highest BCUT2D eigenvalue weighted by molar-refractivity contribution is 6.08. The number of hydrogen-bond acceptors (Lipinski definition) is 6. The molecule has 5 N–H and O–H groups in total. The first-order valence-corrected chi connectivity index (χ1v) is 12.8. The Bertz CT molecular complexity index is 1440. The fourth-order valence-electron chi connectivity index (χ4n) is 4.37. The summed E-state index contributed by atoms with van der Waals surface area (Å²) in [5.41, 5.74) is 4.98. The molecule has 210 valence electrons. The summed E-state index contributed by atoms with van der Waals surface area (Å²) in [6.45, 7) is 1.83. The van der Waals surface area contributed by atoms with Gasteiger partial charge in [0.05, 0.1) is 5.60 Å². The van der Waals surface area contributed by atoms with E-state index in [1.54, 1.807) is 17.9 Å². The Morgan fingerprint density at radius 1 is 1.05 bits per heavy atom. The van der Waals surface area contributed by atoms with Crippen molar-refractivity contribution in [1.82, 2.24) is 4.68 Å². The van der Waals surface area contributed by atoms with Gasteiger partial charge < -0.3 is 25.9 Å². The highest BCUT2D eigenvalue weighted by Gasteiger charge is 2.26. The van der Waals surface area contributed by atoms with Gasteiger partial charge in [-0.2, -0.15) is 0 Å². The van der Waals surface area contributed by atoms with E-state index in [0.29, 0.717) is 24.2 Å². The highest BCUT2D eigenvalue weighted by Crippen LogP contribution is 2.33. The van der Waals surface area contributed by atoms with Crippen LogP contribution in [-0.2, 0) is 9.59 Å². The average Bonchev–Trinajstić information content (AvgIpc) is 3.31. The number of carbonyl (C=O) groups is 2. The molecular formula is C29H31F2N5O4. The van der Waals surface area contributed by atoms with Crippen molar-refractivity contribution in [2.45, 2.75) is 44.6 Å². The summed E-state index contributed by atoms with van der Waals surface area (Å²) < 4.78 is 35.0. The van der Waals surface area contributed by atoms with Crippen LogP contribution in [0, 0.1) is 17.0 Å². The molecule has 9 nitrogen and oxygen atoms in total. The molecule has 11 heteroatoms. The molecular weight excluding hydrogens is 520 g/mol. The fraction of sp³-hybridized carbons (Fsp3) is 0.276. The first kappa shape index (κ1) is 28.5. The zero-order chi connectivity index (χ0) is 28.9. The van der Waals surface area contributed by atoms with E-state index in [1.807, 2.05) is 19.1 Å². The van der Waals surface area contributed by atoms with Crippen LogP contribution in [0.15, 0.2) is 60.3 Å². The Morgan fingerprint density at radius 3 is 2.30 bits per heavy atom. The molecule has 2 aromatic carbocycles. The van der Waals surface area contributed by atoms with E-state index < -0.39 is 35.5 Å². The molecule has 2 amide bonds. The van der Waals surface area contributed by atoms with Gasteiger partial charge in [-0.05, 0) is 75.1 Å². The maximum atomic E-state index is 14.9. The molecule has 0 spiro atoms. The lowest BCUT2D eigenvalue weighted by Gasteiger charge is -2.29. The Hall–Kier alpha value is -4.51. The number of halogens is 2. The second-order valence-electron chi connectivity index (χ2n) is 9.87. The standard InChI is InChI=1S/C29H31F2N5O4/c1-29(39)12-9-18(10-13-29)15-19-11-14-36(33-2)27(19)28(32)40-24-8-7-22(16-23(24)31)35-26(38)17-25(37)34-21-5-3-20(30)4-6-21/h3-8,11,14-16,32-33,39H,9-10,12-13,17H2,1-2H3,(H,34,37)(H,35,38). The molecule has 1 aliphatic carbocycles. The fourth-order valence-corrected chi connectivity index (χ4v) is 4.37. The molecule has 0 bridgehead atoms. The second kappa shape index (κ2) is 12.1. The number of nitrogens with zero attached hydrogens (tertiary/aromatic N) is 1. The predicted octanol–water partition coefficient (Wildman–Crippen LogP) is 5.02. The molecule has 0 unspecified atom stereocenters. The van der Waals surface area contributed by atoms with Gasteiger partial charge >= 0.3 is 0 Å². The molecule has 40 heavy (non-hydrogen) atoms. The first-order valence-electron chi connectivity index (χ1n) is 12.8. The van der Waals surface area contributed by atoms with Crippen LogP contribution in [0.3, 0.4) is 0 Å². The van der Waals surface area contributed by atoms with Gasteiger partial charge in [0.25, 0.3) is 0 Å². The van der Waals surface area contributed by atoms with Gasteiger partial charge in [-0.15, -0.1) is 0 Å². The second-order valence-corrected chi connectivity index (χ2v) is 9.87. The van der Waals surface area contributed by atoms with E-state index in [0.717, 1.165) is 30.0 Å². The minimum atomic E-state index is -0.810. The summed E-state index contributed by atoms with van der Waals surface area (Å²) in [7, 11) is 1.68. The number of aromatic nitrogens is 1. The van der Waals surface area contributed by atoms with Gasteiger partial charge in [0.1, 0.15) is 17.9 Å². The molecule has 1 heterocycles. The minimum absolute atomic E-state index is 0.105. The topological polar surface area (TPSA) is 128 Å². The van der Waals surface area contributed by atoms with Crippen LogP contribution in [0.25, 0.3) is 6.08 Å². The number of ether oxygens (including phenoxy) is 1. The molecule has 0 aliphatic heterocycles. The summed E-state index contributed by atoms with van der Waals surface area (Å²) >= 11 is 0. The lowest BCUT2D eigenvalue weighted by molar-refractivity contribution is -0.123. The Labute approximate surface area is 230 Å². The highest BCUT2D eigenvalue weighted by atomic mass is 19.1. The molecule has 1 aliphatic rings. The van der Waals surface area contributed by atoms with Crippen molar-refractivity contribution in [3.05, 3.63) is 83.2 Å².